The molecule has 97 heavy (non-hydrogen) atoms. The normalized spacial score (nSPS) is 13.9. The monoisotopic (exact) mass is 1410 g/mol. The molecule has 35 nitrogen and oxygen atoms in total. The molecule has 4 aromatic rings. The molecule has 22 N–H and O–H groups in total. The van der Waals surface area contributed by atoms with Gasteiger partial charge in [-0.3, -0.25) is 71.9 Å². The first-order chi connectivity index (χ1) is 45.9. The minimum absolute atomic E-state index is 0.0119. The molecule has 0 fully saturated rings. The highest BCUT2D eigenvalue weighted by Gasteiger charge is 2.36. The number of thioether (sulfide) groups is 2. The number of aliphatic carboxylic acids is 3. The SMILES string of the molecule is CSCC[C@H](NC(=O)[C@H](Cc1ccc(OS(=O)(=O)O)cc1)NC(=O)[C@@H](CC(=O)O)NC(=O)[C@H](CCCN=C(N)N)NC(=O)[C@@H](N)CC(=O)O)C(=O)NCC(=O)N[C@@H](Cc1c[nH]c2ccccc12)C(=O)N[C@H](CCSC)C(=O)N[C@@H](CC(=O)O)C(=O)N[C@@H](Cc1ccccc1)C(N)=O. The predicted molar refractivity (Wildman–Crippen MR) is 353 cm³/mol. The lowest BCUT2D eigenvalue weighted by atomic mass is 10.0. The number of nitrogens with two attached hydrogens (primary N) is 4. The maximum atomic E-state index is 14.5. The third kappa shape index (κ3) is 28.8. The summed E-state index contributed by atoms with van der Waals surface area (Å²) in [5.41, 5.74) is 24.0. The van der Waals surface area contributed by atoms with Gasteiger partial charge in [-0.05, 0) is 84.6 Å². The average Bonchev–Trinajstić information content (AvgIpc) is 1.77. The Labute approximate surface area is 564 Å². The Kier molecular flexibility index (Phi) is 32.5. The fourth-order valence-electron chi connectivity index (χ4n) is 9.33. The van der Waals surface area contributed by atoms with Gasteiger partial charge in [0.15, 0.2) is 5.96 Å². The van der Waals surface area contributed by atoms with Gasteiger partial charge in [-0.15, -0.1) is 0 Å². The van der Waals surface area contributed by atoms with Crippen LogP contribution in [0.2, 0.25) is 0 Å². The van der Waals surface area contributed by atoms with Gasteiger partial charge in [0.1, 0.15) is 54.1 Å². The van der Waals surface area contributed by atoms with Crippen molar-refractivity contribution in [1.82, 2.24) is 52.8 Å². The van der Waals surface area contributed by atoms with E-state index in [0.29, 0.717) is 22.0 Å². The molecular weight excluding hydrogens is 1330 g/mol. The number of carbonyl (C=O) groups excluding carboxylic acids is 10. The van der Waals surface area contributed by atoms with Crippen molar-refractivity contribution in [2.45, 2.75) is 119 Å². The number of amides is 10. The van der Waals surface area contributed by atoms with E-state index in [1.165, 1.54) is 35.7 Å². The molecular formula is C59H79N15O20S3. The number of H-pyrrole nitrogens is 1. The van der Waals surface area contributed by atoms with Crippen LogP contribution in [0, 0.1) is 0 Å². The van der Waals surface area contributed by atoms with Crippen molar-refractivity contribution in [3.05, 3.63) is 102 Å². The number of hydrogen-bond acceptors (Lipinski definition) is 20. The largest absolute Gasteiger partial charge is 0.481 e. The van der Waals surface area contributed by atoms with Gasteiger partial charge in [0.2, 0.25) is 59.1 Å². The van der Waals surface area contributed by atoms with E-state index < -0.39 is 180 Å². The molecule has 0 spiro atoms. The number of aromatic nitrogens is 1. The van der Waals surface area contributed by atoms with Crippen LogP contribution in [0.15, 0.2) is 90.1 Å². The molecule has 1 aromatic heterocycles. The summed E-state index contributed by atoms with van der Waals surface area (Å²) in [5, 5.41) is 51.2. The summed E-state index contributed by atoms with van der Waals surface area (Å²) in [6.07, 6.45) is 0.627. The molecule has 0 saturated heterocycles. The van der Waals surface area contributed by atoms with E-state index in [1.54, 1.807) is 73.3 Å². The molecule has 1 heterocycles. The summed E-state index contributed by atoms with van der Waals surface area (Å²) >= 11 is 2.50. The van der Waals surface area contributed by atoms with Gasteiger partial charge in [0.05, 0.1) is 31.8 Å². The van der Waals surface area contributed by atoms with Crippen LogP contribution in [-0.2, 0) is 92.0 Å². The third-order valence-corrected chi connectivity index (χ3v) is 15.8. The first-order valence-electron chi connectivity index (χ1n) is 29.6. The summed E-state index contributed by atoms with van der Waals surface area (Å²) in [4.78, 5) is 181. The fourth-order valence-corrected chi connectivity index (χ4v) is 10.6. The van der Waals surface area contributed by atoms with Crippen molar-refractivity contribution in [2.24, 2.45) is 27.9 Å². The molecule has 10 amide bonds. The zero-order chi connectivity index (χ0) is 71.9. The number of fused-ring (bicyclic) bond motifs is 1. The van der Waals surface area contributed by atoms with Gasteiger partial charge >= 0.3 is 28.3 Å². The van der Waals surface area contributed by atoms with E-state index in [0.717, 1.165) is 12.1 Å². The lowest BCUT2D eigenvalue weighted by Crippen LogP contribution is -2.60. The number of guanidine groups is 1. The molecule has 0 unspecified atom stereocenters. The van der Waals surface area contributed by atoms with Crippen LogP contribution >= 0.6 is 23.5 Å². The predicted octanol–water partition coefficient (Wildman–Crippen LogP) is -3.83. The number of nitrogens with zero attached hydrogens (tertiary/aromatic N) is 1. The number of aliphatic imine (C=N–C) groups is 1. The minimum atomic E-state index is -5.01. The van der Waals surface area contributed by atoms with Gasteiger partial charge in [0, 0.05) is 42.9 Å². The highest BCUT2D eigenvalue weighted by atomic mass is 32.3. The van der Waals surface area contributed by atoms with Crippen molar-refractivity contribution >= 4 is 128 Å². The Morgan fingerprint density at radius 3 is 1.49 bits per heavy atom. The van der Waals surface area contributed by atoms with Crippen LogP contribution in [0.5, 0.6) is 5.75 Å². The second kappa shape index (κ2) is 39.7. The molecule has 0 aliphatic heterocycles. The maximum Gasteiger partial charge on any atom is 0.446 e. The fraction of sp³-hybridized carbons (Fsp3) is 0.424. The number of carboxylic acid groups (broad SMARTS) is 3. The van der Waals surface area contributed by atoms with Crippen molar-refractivity contribution in [2.75, 3.05) is 37.1 Å². The van der Waals surface area contributed by atoms with Crippen molar-refractivity contribution in [1.29, 1.82) is 0 Å². The number of benzene rings is 3. The first kappa shape index (κ1) is 79.4. The molecule has 4 rings (SSSR count). The van der Waals surface area contributed by atoms with Crippen LogP contribution in [0.1, 0.15) is 61.6 Å². The average molecular weight is 1410 g/mol. The number of carboxylic acids is 3. The molecule has 3 aromatic carbocycles. The Bertz CT molecular complexity index is 3580. The first-order valence-corrected chi connectivity index (χ1v) is 33.8. The number of rotatable bonds is 43. The lowest BCUT2D eigenvalue weighted by Gasteiger charge is -2.27. The summed E-state index contributed by atoms with van der Waals surface area (Å²) in [7, 11) is -5.01. The van der Waals surface area contributed by atoms with Gasteiger partial charge in [-0.25, -0.2) is 0 Å². The van der Waals surface area contributed by atoms with Crippen LogP contribution in [0.4, 0.5) is 0 Å². The Morgan fingerprint density at radius 2 is 0.969 bits per heavy atom. The Morgan fingerprint density at radius 1 is 0.526 bits per heavy atom. The molecule has 0 saturated carbocycles. The van der Waals surface area contributed by atoms with Crippen LogP contribution in [0.3, 0.4) is 0 Å². The second-order valence-corrected chi connectivity index (χ2v) is 24.7. The molecule has 38 heteroatoms. The zero-order valence-corrected chi connectivity index (χ0v) is 54.9. The maximum absolute atomic E-state index is 14.5. The van der Waals surface area contributed by atoms with Gasteiger partial charge in [-0.1, -0.05) is 60.7 Å². The van der Waals surface area contributed by atoms with E-state index in [2.05, 4.69) is 62.0 Å². The van der Waals surface area contributed by atoms with E-state index in [9.17, 15) is 90.6 Å². The van der Waals surface area contributed by atoms with E-state index in [1.807, 2.05) is 0 Å². The highest BCUT2D eigenvalue weighted by Crippen LogP contribution is 2.20. The molecule has 9 atom stereocenters. The quantitative estimate of drug-likeness (QED) is 0.00874. The molecule has 0 radical (unpaired) electrons. The number of primary amides is 1. The number of nitrogens with one attached hydrogen (secondary N) is 10. The molecule has 0 aliphatic carbocycles. The number of aromatic amines is 1. The molecule has 528 valence electrons. The van der Waals surface area contributed by atoms with Crippen molar-refractivity contribution in [3.63, 3.8) is 0 Å². The second-order valence-electron chi connectivity index (χ2n) is 21.7. The zero-order valence-electron chi connectivity index (χ0n) is 52.5. The summed E-state index contributed by atoms with van der Waals surface area (Å²) in [6.45, 7) is -0.955. The van der Waals surface area contributed by atoms with E-state index in [-0.39, 0.29) is 68.1 Å². The van der Waals surface area contributed by atoms with Crippen LogP contribution < -0.4 is 75.0 Å². The number of carbonyl (C=O) groups is 13. The van der Waals surface area contributed by atoms with Crippen LogP contribution in [-0.4, -0.2) is 208 Å². The smallest absolute Gasteiger partial charge is 0.446 e. The van der Waals surface area contributed by atoms with Crippen molar-refractivity contribution in [3.8, 4) is 5.75 Å². The van der Waals surface area contributed by atoms with Crippen LogP contribution in [0.25, 0.3) is 10.9 Å². The molecule has 0 bridgehead atoms. The Hall–Kier alpha value is -10.1. The lowest BCUT2D eigenvalue weighted by molar-refractivity contribution is -0.142. The summed E-state index contributed by atoms with van der Waals surface area (Å²) < 4.78 is 36.5. The van der Waals surface area contributed by atoms with E-state index >= 15 is 0 Å². The summed E-state index contributed by atoms with van der Waals surface area (Å²) in [5.74, 6) is -15.6. The number of para-hydroxylation sites is 1. The highest BCUT2D eigenvalue weighted by molar-refractivity contribution is 7.98. The van der Waals surface area contributed by atoms with E-state index in [4.69, 9.17) is 22.9 Å². The molecule has 0 aliphatic rings. The third-order valence-electron chi connectivity index (χ3n) is 14.1. The standard InChI is InChI=1S/C59H79N15O20S3/c1-95-21-18-39(69-55(87)42(24-32-14-16-34(17-15-32)94-97(91,92)93)72-58(90)45(28-49(80)81)73-53(85)38(13-8-20-64-59(62)63)68-51(83)36(60)26-47(76)77)52(84)66-30-46(75)67-43(25-33-29-65-37-12-7-6-11-35(33)37)56(88)70-40(19-22-96-2)54(86)74-44(27-48(78)79)57(89)71-41(50(61)82)23-31-9-4-3-5-10-31/h3-7,9-12,14-17,29,36,38-45,65H,8,13,18-28,30,60H2,1-2H3,(H2,61,82)(H,66,84)(H,67,75)(H,68,83)(H,69,87)(H,70,88)(H,71,89)(H,72,90)(H,73,85)(H,74,86)(H,76,77)(H,78,79)(H,80,81)(H4,62,63,64)(H,91,92,93)/t36-,38-,39-,40+,41-,42-,43-,44-,45+/m0/s1. The van der Waals surface area contributed by atoms with Gasteiger partial charge in [0.25, 0.3) is 0 Å². The summed E-state index contributed by atoms with van der Waals surface area (Å²) in [6, 6.07) is 5.20. The van der Waals surface area contributed by atoms with Crippen molar-refractivity contribution < 1.29 is 94.8 Å². The topological polar surface area (TPSA) is 587 Å². The van der Waals surface area contributed by atoms with Gasteiger partial charge in [-0.2, -0.15) is 31.9 Å². The number of hydrogen-bond donors (Lipinski definition) is 18. The Balaban J connectivity index is 1.62. The minimum Gasteiger partial charge on any atom is -0.481 e. The van der Waals surface area contributed by atoms with Gasteiger partial charge < -0.3 is 95.3 Å².